The van der Waals surface area contributed by atoms with Crippen LogP contribution in [0.4, 0.5) is 0 Å². The number of methoxy groups -OCH3 is 4. The fourth-order valence-electron chi connectivity index (χ4n) is 2.63. The zero-order valence-corrected chi connectivity index (χ0v) is 18.2. The van der Waals surface area contributed by atoms with Crippen molar-refractivity contribution >= 4 is 29.4 Å². The first-order valence-corrected chi connectivity index (χ1v) is 10.0. The van der Waals surface area contributed by atoms with E-state index in [1.54, 1.807) is 0 Å². The molecule has 0 saturated carbocycles. The molecule has 0 aliphatic carbocycles. The van der Waals surface area contributed by atoms with Gasteiger partial charge in [0.25, 0.3) is 5.91 Å². The summed E-state index contributed by atoms with van der Waals surface area (Å²) in [5.74, 6) is 0.476. The molecule has 1 unspecified atom stereocenters. The van der Waals surface area contributed by atoms with Crippen LogP contribution in [0.15, 0.2) is 35.7 Å². The summed E-state index contributed by atoms with van der Waals surface area (Å²) in [5, 5.41) is 20.6. The molecule has 0 saturated heterocycles. The molecular weight excluding hydrogens is 426 g/mol. The van der Waals surface area contributed by atoms with Gasteiger partial charge in [-0.3, -0.25) is 4.79 Å². The number of rotatable bonds is 9. The molecule has 0 bridgehead atoms. The molecule has 0 aromatic heterocycles. The fraction of sp³-hybridized carbons (Fsp3) is 0.190. The van der Waals surface area contributed by atoms with Crippen molar-refractivity contribution in [3.63, 3.8) is 0 Å². The number of benzene rings is 2. The van der Waals surface area contributed by atoms with Crippen LogP contribution in [0.2, 0.25) is 0 Å². The molecule has 1 atom stereocenters. The van der Waals surface area contributed by atoms with Gasteiger partial charge < -0.3 is 33.7 Å². The van der Waals surface area contributed by atoms with Gasteiger partial charge in [0, 0.05) is 36.4 Å². The molecule has 2 aromatic rings. The van der Waals surface area contributed by atoms with Gasteiger partial charge >= 0.3 is 0 Å². The lowest BCUT2D eigenvalue weighted by atomic mass is 10.1. The molecule has 0 radical (unpaired) electrons. The highest BCUT2D eigenvalue weighted by molar-refractivity contribution is 7.93. The van der Waals surface area contributed by atoms with Gasteiger partial charge in [0.2, 0.25) is 0 Å². The van der Waals surface area contributed by atoms with Gasteiger partial charge in [0.15, 0.2) is 0 Å². The minimum atomic E-state index is -1.86. The van der Waals surface area contributed by atoms with Crippen LogP contribution >= 0.6 is 0 Å². The molecule has 9 nitrogen and oxygen atoms in total. The number of phenolic OH excluding ortho intramolecular Hbond substituents is 2. The van der Waals surface area contributed by atoms with Crippen LogP contribution in [0.3, 0.4) is 0 Å². The number of carbonyl (C=O) groups is 1. The molecule has 0 aliphatic rings. The lowest BCUT2D eigenvalue weighted by Crippen LogP contribution is -2.26. The molecule has 0 fully saturated rings. The predicted octanol–water partition coefficient (Wildman–Crippen LogP) is 2.60. The summed E-state index contributed by atoms with van der Waals surface area (Å²) in [6, 6.07) is 5.51. The first-order chi connectivity index (χ1) is 14.8. The third-order valence-corrected chi connectivity index (χ3v) is 4.80. The lowest BCUT2D eigenvalue weighted by molar-refractivity contribution is -0.114. The average molecular weight is 449 g/mol. The quantitative estimate of drug-likeness (QED) is 0.393. The normalized spacial score (nSPS) is 12.0. The molecule has 166 valence electrons. The van der Waals surface area contributed by atoms with Crippen molar-refractivity contribution in [1.82, 2.24) is 4.72 Å². The van der Waals surface area contributed by atoms with Crippen LogP contribution < -0.4 is 23.7 Å². The van der Waals surface area contributed by atoms with Gasteiger partial charge in [-0.05, 0) is 6.08 Å². The van der Waals surface area contributed by atoms with E-state index in [0.29, 0.717) is 34.1 Å². The van der Waals surface area contributed by atoms with Gasteiger partial charge in [0.1, 0.15) is 51.3 Å². The maximum Gasteiger partial charge on any atom is 0.285 e. The maximum absolute atomic E-state index is 12.2. The second kappa shape index (κ2) is 11.0. The molecule has 0 spiro atoms. The number of ether oxygens (including phenoxy) is 4. The van der Waals surface area contributed by atoms with Crippen molar-refractivity contribution in [1.29, 1.82) is 0 Å². The molecule has 0 aliphatic heterocycles. The van der Waals surface area contributed by atoms with E-state index in [-0.39, 0.29) is 11.5 Å². The third kappa shape index (κ3) is 6.24. The standard InChI is InChI=1S/C21H23NO8S/c1-27-17-9-13(23)10-18(28-2)15(17)5-6-21(25)22-31(26)8-7-16-19(29-3)11-14(24)12-20(16)30-4/h5-12,23-24H,1-4H3,(H,22,25). The van der Waals surface area contributed by atoms with Crippen LogP contribution in [0.25, 0.3) is 12.2 Å². The minimum Gasteiger partial charge on any atom is -0.588 e. The lowest BCUT2D eigenvalue weighted by Gasteiger charge is -2.11. The second-order valence-corrected chi connectivity index (χ2v) is 7.00. The zero-order valence-electron chi connectivity index (χ0n) is 17.4. The van der Waals surface area contributed by atoms with Gasteiger partial charge in [0.05, 0.1) is 39.6 Å². The first kappa shape index (κ1) is 23.8. The predicted molar refractivity (Wildman–Crippen MR) is 117 cm³/mol. The summed E-state index contributed by atoms with van der Waals surface area (Å²) < 4.78 is 35.3. The highest BCUT2D eigenvalue weighted by Crippen LogP contribution is 2.35. The first-order valence-electron chi connectivity index (χ1n) is 8.80. The van der Waals surface area contributed by atoms with Gasteiger partial charge in [-0.2, -0.15) is 4.72 Å². The van der Waals surface area contributed by atoms with Crippen molar-refractivity contribution in [2.45, 2.75) is 0 Å². The number of nitrogens with one attached hydrogen (secondary N) is 1. The Kier molecular flexibility index (Phi) is 8.47. The minimum absolute atomic E-state index is 0.0505. The van der Waals surface area contributed by atoms with E-state index in [9.17, 15) is 19.6 Å². The molecule has 0 heterocycles. The smallest absolute Gasteiger partial charge is 0.285 e. The van der Waals surface area contributed by atoms with Crippen LogP contribution in [-0.4, -0.2) is 49.1 Å². The van der Waals surface area contributed by atoms with Gasteiger partial charge in [-0.25, -0.2) is 0 Å². The van der Waals surface area contributed by atoms with E-state index in [1.165, 1.54) is 70.3 Å². The molecule has 10 heteroatoms. The van der Waals surface area contributed by atoms with Crippen molar-refractivity contribution in [2.24, 2.45) is 0 Å². The van der Waals surface area contributed by atoms with E-state index in [4.69, 9.17) is 18.9 Å². The topological polar surface area (TPSA) is 130 Å². The summed E-state index contributed by atoms with van der Waals surface area (Å²) in [6.45, 7) is 0. The van der Waals surface area contributed by atoms with Crippen LogP contribution in [-0.2, 0) is 16.2 Å². The fourth-order valence-corrected chi connectivity index (χ4v) is 3.23. The summed E-state index contributed by atoms with van der Waals surface area (Å²) in [6.07, 6.45) is 4.02. The summed E-state index contributed by atoms with van der Waals surface area (Å²) in [5.41, 5.74) is 0.873. The number of aromatic hydroxyl groups is 2. The summed E-state index contributed by atoms with van der Waals surface area (Å²) in [7, 11) is 5.66. The second-order valence-electron chi connectivity index (χ2n) is 5.93. The SMILES string of the molecule is COc1cc(O)cc(OC)c1C=CC(=O)N[S+]([O-])C=Cc1c(OC)cc(O)cc1OC. The highest BCUT2D eigenvalue weighted by atomic mass is 32.2. The van der Waals surface area contributed by atoms with Crippen molar-refractivity contribution in [3.8, 4) is 34.5 Å². The Balaban J connectivity index is 2.14. The Labute approximate surface area is 182 Å². The largest absolute Gasteiger partial charge is 0.588 e. The molecule has 3 N–H and O–H groups in total. The van der Waals surface area contributed by atoms with Crippen molar-refractivity contribution in [2.75, 3.05) is 28.4 Å². The zero-order chi connectivity index (χ0) is 23.0. The van der Waals surface area contributed by atoms with Crippen LogP contribution in [0.5, 0.6) is 34.5 Å². The van der Waals surface area contributed by atoms with E-state index < -0.39 is 17.3 Å². The molecule has 31 heavy (non-hydrogen) atoms. The maximum atomic E-state index is 12.2. The summed E-state index contributed by atoms with van der Waals surface area (Å²) >= 11 is -1.86. The highest BCUT2D eigenvalue weighted by Gasteiger charge is 2.14. The monoisotopic (exact) mass is 449 g/mol. The van der Waals surface area contributed by atoms with Crippen LogP contribution in [0, 0.1) is 0 Å². The third-order valence-electron chi connectivity index (χ3n) is 4.02. The van der Waals surface area contributed by atoms with Crippen molar-refractivity contribution < 1.29 is 38.5 Å². The van der Waals surface area contributed by atoms with E-state index in [0.717, 1.165) is 6.08 Å². The van der Waals surface area contributed by atoms with Crippen molar-refractivity contribution in [3.05, 3.63) is 46.9 Å². The summed E-state index contributed by atoms with van der Waals surface area (Å²) in [4.78, 5) is 12.2. The Bertz CT molecular complexity index is 939. The van der Waals surface area contributed by atoms with Gasteiger partial charge in [-0.1, -0.05) is 0 Å². The number of hydrogen-bond acceptors (Lipinski definition) is 8. The average Bonchev–Trinajstić information content (AvgIpc) is 2.75. The van der Waals surface area contributed by atoms with E-state index >= 15 is 0 Å². The van der Waals surface area contributed by atoms with E-state index in [1.807, 2.05) is 0 Å². The Morgan fingerprint density at radius 1 is 0.839 bits per heavy atom. The Morgan fingerprint density at radius 3 is 1.61 bits per heavy atom. The molecular formula is C21H23NO8S. The van der Waals surface area contributed by atoms with Gasteiger partial charge in [-0.15, -0.1) is 0 Å². The number of carbonyl (C=O) groups excluding carboxylic acids is 1. The molecule has 2 aromatic carbocycles. The number of hydrogen-bond donors (Lipinski definition) is 3. The Morgan fingerprint density at radius 2 is 1.23 bits per heavy atom. The molecule has 1 amide bonds. The molecule has 2 rings (SSSR count). The number of phenols is 2. The van der Waals surface area contributed by atoms with E-state index in [2.05, 4.69) is 4.72 Å². The Hall–Kier alpha value is -3.50. The number of amides is 1. The van der Waals surface area contributed by atoms with Crippen LogP contribution in [0.1, 0.15) is 11.1 Å².